The molecule has 1 aromatic rings. The molecule has 0 heterocycles. The maximum absolute atomic E-state index is 3.52. The van der Waals surface area contributed by atoms with Crippen LogP contribution in [0.1, 0.15) is 51.2 Å². The van der Waals surface area contributed by atoms with Gasteiger partial charge in [0.25, 0.3) is 0 Å². The summed E-state index contributed by atoms with van der Waals surface area (Å²) in [5.41, 5.74) is 4.12. The Labute approximate surface area is 119 Å². The van der Waals surface area contributed by atoms with Crippen LogP contribution in [0.3, 0.4) is 0 Å². The second-order valence-corrected chi connectivity index (χ2v) is 5.80. The molecule has 108 valence electrons. The topological polar surface area (TPSA) is 15.3 Å². The molecule has 0 spiro atoms. The molecule has 0 fully saturated rings. The summed E-state index contributed by atoms with van der Waals surface area (Å²) in [5.74, 6) is 0. The van der Waals surface area contributed by atoms with Crippen LogP contribution >= 0.6 is 0 Å². The highest BCUT2D eigenvalue weighted by Gasteiger charge is 2.08. The summed E-state index contributed by atoms with van der Waals surface area (Å²) in [6, 6.07) is 7.31. The fourth-order valence-electron chi connectivity index (χ4n) is 2.26. The van der Waals surface area contributed by atoms with Crippen molar-refractivity contribution < 1.29 is 0 Å². The molecule has 0 aliphatic heterocycles. The lowest BCUT2D eigenvalue weighted by molar-refractivity contribution is 0.587. The minimum Gasteiger partial charge on any atom is -0.374 e. The number of benzene rings is 1. The van der Waals surface area contributed by atoms with E-state index in [0.29, 0.717) is 6.04 Å². The molecule has 1 aromatic carbocycles. The van der Waals surface area contributed by atoms with E-state index in [0.717, 1.165) is 13.1 Å². The molecule has 1 N–H and O–H groups in total. The van der Waals surface area contributed by atoms with Gasteiger partial charge in [-0.1, -0.05) is 51.3 Å². The predicted octanol–water partition coefficient (Wildman–Crippen LogP) is 4.12. The first-order valence-corrected chi connectivity index (χ1v) is 7.58. The Hall–Kier alpha value is -1.02. The third-order valence-electron chi connectivity index (χ3n) is 3.44. The van der Waals surface area contributed by atoms with E-state index in [9.17, 15) is 0 Å². The number of unbranched alkanes of at least 4 members (excludes halogenated alkanes) is 2. The molecule has 0 unspecified atom stereocenters. The maximum Gasteiger partial charge on any atom is 0.0409 e. The Balaban J connectivity index is 2.74. The van der Waals surface area contributed by atoms with Gasteiger partial charge in [-0.25, -0.2) is 0 Å². The zero-order valence-electron chi connectivity index (χ0n) is 13.3. The number of nitrogens with zero attached hydrogens (tertiary/aromatic N) is 1. The van der Waals surface area contributed by atoms with Crippen LogP contribution in [-0.2, 0) is 6.54 Å². The summed E-state index contributed by atoms with van der Waals surface area (Å²) in [6.07, 6.45) is 3.87. The van der Waals surface area contributed by atoms with Crippen LogP contribution in [0.15, 0.2) is 18.2 Å². The standard InChI is InChI=1S/C17H30N2/c1-6-7-8-11-19(5)17-10-9-15(4)12-16(17)13-18-14(2)3/h9-10,12,14,18H,6-8,11,13H2,1-5H3. The summed E-state index contributed by atoms with van der Waals surface area (Å²) in [6.45, 7) is 10.9. The van der Waals surface area contributed by atoms with E-state index < -0.39 is 0 Å². The van der Waals surface area contributed by atoms with Gasteiger partial charge in [0.15, 0.2) is 0 Å². The zero-order chi connectivity index (χ0) is 14.3. The van der Waals surface area contributed by atoms with Crippen molar-refractivity contribution in [1.82, 2.24) is 5.32 Å². The predicted molar refractivity (Wildman–Crippen MR) is 85.9 cm³/mol. The minimum atomic E-state index is 0.527. The van der Waals surface area contributed by atoms with Gasteiger partial charge in [0.1, 0.15) is 0 Å². The highest BCUT2D eigenvalue weighted by Crippen LogP contribution is 2.21. The number of anilines is 1. The molecule has 0 saturated heterocycles. The first-order chi connectivity index (χ1) is 9.04. The van der Waals surface area contributed by atoms with Crippen LogP contribution in [0.5, 0.6) is 0 Å². The van der Waals surface area contributed by atoms with Crippen molar-refractivity contribution in [2.45, 2.75) is 59.5 Å². The van der Waals surface area contributed by atoms with Crippen LogP contribution < -0.4 is 10.2 Å². The van der Waals surface area contributed by atoms with Gasteiger partial charge in [0.2, 0.25) is 0 Å². The third-order valence-corrected chi connectivity index (χ3v) is 3.44. The molecule has 19 heavy (non-hydrogen) atoms. The van der Waals surface area contributed by atoms with Gasteiger partial charge in [-0.15, -0.1) is 0 Å². The molecule has 1 rings (SSSR count). The molecule has 0 amide bonds. The van der Waals surface area contributed by atoms with Crippen LogP contribution in [0.4, 0.5) is 5.69 Å². The summed E-state index contributed by atoms with van der Waals surface area (Å²) in [4.78, 5) is 2.40. The lowest BCUT2D eigenvalue weighted by Gasteiger charge is -2.23. The Kier molecular flexibility index (Phi) is 6.93. The third kappa shape index (κ3) is 5.65. The number of nitrogens with one attached hydrogen (secondary N) is 1. The molecule has 0 atom stereocenters. The van der Waals surface area contributed by atoms with Gasteiger partial charge in [-0.3, -0.25) is 0 Å². The monoisotopic (exact) mass is 262 g/mol. The number of hydrogen-bond acceptors (Lipinski definition) is 2. The Bertz CT molecular complexity index is 372. The van der Waals surface area contributed by atoms with Crippen LogP contribution in [0, 0.1) is 6.92 Å². The lowest BCUT2D eigenvalue weighted by atomic mass is 10.1. The Morgan fingerprint density at radius 2 is 1.95 bits per heavy atom. The van der Waals surface area contributed by atoms with Gasteiger partial charge in [-0.05, 0) is 25.0 Å². The SMILES string of the molecule is CCCCCN(C)c1ccc(C)cc1CNC(C)C. The van der Waals surface area contributed by atoms with Gasteiger partial charge in [0, 0.05) is 31.9 Å². The second kappa shape index (κ2) is 8.21. The van der Waals surface area contributed by atoms with Crippen molar-refractivity contribution in [1.29, 1.82) is 0 Å². The van der Waals surface area contributed by atoms with Crippen LogP contribution in [-0.4, -0.2) is 19.6 Å². The first-order valence-electron chi connectivity index (χ1n) is 7.58. The minimum absolute atomic E-state index is 0.527. The van der Waals surface area contributed by atoms with E-state index in [1.807, 2.05) is 0 Å². The lowest BCUT2D eigenvalue weighted by Crippen LogP contribution is -2.25. The molecule has 2 nitrogen and oxygen atoms in total. The highest BCUT2D eigenvalue weighted by atomic mass is 15.1. The fraction of sp³-hybridized carbons (Fsp3) is 0.647. The second-order valence-electron chi connectivity index (χ2n) is 5.80. The van der Waals surface area contributed by atoms with E-state index in [2.05, 4.69) is 63.2 Å². The van der Waals surface area contributed by atoms with Crippen molar-refractivity contribution >= 4 is 5.69 Å². The molecular formula is C17H30N2. The summed E-state index contributed by atoms with van der Waals surface area (Å²) in [7, 11) is 2.21. The smallest absolute Gasteiger partial charge is 0.0409 e. The van der Waals surface area contributed by atoms with Gasteiger partial charge < -0.3 is 10.2 Å². The first kappa shape index (κ1) is 16.0. The highest BCUT2D eigenvalue weighted by molar-refractivity contribution is 5.54. The molecule has 0 saturated carbocycles. The van der Waals surface area contributed by atoms with Crippen molar-refractivity contribution in [2.75, 3.05) is 18.5 Å². The largest absolute Gasteiger partial charge is 0.374 e. The zero-order valence-corrected chi connectivity index (χ0v) is 13.3. The van der Waals surface area contributed by atoms with E-state index in [1.54, 1.807) is 0 Å². The summed E-state index contributed by atoms with van der Waals surface area (Å²) < 4.78 is 0. The van der Waals surface area contributed by atoms with Crippen LogP contribution in [0.25, 0.3) is 0 Å². The average Bonchev–Trinajstić information content (AvgIpc) is 2.36. The maximum atomic E-state index is 3.52. The molecular weight excluding hydrogens is 232 g/mol. The summed E-state index contributed by atoms with van der Waals surface area (Å²) in [5, 5.41) is 3.52. The van der Waals surface area contributed by atoms with Crippen molar-refractivity contribution in [2.24, 2.45) is 0 Å². The van der Waals surface area contributed by atoms with Crippen LogP contribution in [0.2, 0.25) is 0 Å². The van der Waals surface area contributed by atoms with Crippen molar-refractivity contribution in [3.63, 3.8) is 0 Å². The molecule has 0 aromatic heterocycles. The number of rotatable bonds is 8. The molecule has 0 bridgehead atoms. The molecule has 0 aliphatic rings. The average molecular weight is 262 g/mol. The number of hydrogen-bond donors (Lipinski definition) is 1. The molecule has 2 heteroatoms. The van der Waals surface area contributed by atoms with Crippen molar-refractivity contribution in [3.8, 4) is 0 Å². The Morgan fingerprint density at radius 3 is 2.58 bits per heavy atom. The van der Waals surface area contributed by atoms with Gasteiger partial charge in [-0.2, -0.15) is 0 Å². The molecule has 0 aliphatic carbocycles. The van der Waals surface area contributed by atoms with Gasteiger partial charge >= 0.3 is 0 Å². The van der Waals surface area contributed by atoms with E-state index in [1.165, 1.54) is 36.1 Å². The Morgan fingerprint density at radius 1 is 1.21 bits per heavy atom. The van der Waals surface area contributed by atoms with Gasteiger partial charge in [0.05, 0.1) is 0 Å². The fourth-order valence-corrected chi connectivity index (χ4v) is 2.26. The molecule has 0 radical (unpaired) electrons. The normalized spacial score (nSPS) is 11.1. The quantitative estimate of drug-likeness (QED) is 0.709. The van der Waals surface area contributed by atoms with E-state index >= 15 is 0 Å². The summed E-state index contributed by atoms with van der Waals surface area (Å²) >= 11 is 0. The van der Waals surface area contributed by atoms with E-state index in [4.69, 9.17) is 0 Å². The van der Waals surface area contributed by atoms with Crippen molar-refractivity contribution in [3.05, 3.63) is 29.3 Å². The van der Waals surface area contributed by atoms with E-state index in [-0.39, 0.29) is 0 Å². The number of aryl methyl sites for hydroxylation is 1.